The first-order valence-electron chi connectivity index (χ1n) is 13.5. The molecule has 0 spiro atoms. The van der Waals surface area contributed by atoms with Gasteiger partial charge in [0.2, 0.25) is 11.8 Å². The number of para-hydroxylation sites is 1. The molecule has 0 aliphatic heterocycles. The Balaban J connectivity index is 2.10. The second kappa shape index (κ2) is 14.0. The van der Waals surface area contributed by atoms with Crippen molar-refractivity contribution in [2.45, 2.75) is 64.1 Å². The number of nitrogens with zero attached hydrogens (tertiary/aromatic N) is 2. The van der Waals surface area contributed by atoms with Gasteiger partial charge in [-0.2, -0.15) is 0 Å². The molecule has 0 unspecified atom stereocenters. The molecule has 0 aliphatic carbocycles. The summed E-state index contributed by atoms with van der Waals surface area (Å²) in [6.45, 7) is 7.12. The van der Waals surface area contributed by atoms with Crippen molar-refractivity contribution in [2.75, 3.05) is 18.0 Å². The maximum atomic E-state index is 14.2. The molecule has 40 heavy (non-hydrogen) atoms. The van der Waals surface area contributed by atoms with Crippen LogP contribution in [0.3, 0.4) is 0 Å². The topological polar surface area (TPSA) is 96.0 Å². The van der Waals surface area contributed by atoms with Crippen LogP contribution in [-0.4, -0.2) is 50.9 Å². The summed E-state index contributed by atoms with van der Waals surface area (Å²) in [5.74, 6) is -0.158. The van der Waals surface area contributed by atoms with Crippen LogP contribution in [0.5, 0.6) is 5.75 Å². The highest BCUT2D eigenvalue weighted by atomic mass is 32.2. The number of amides is 2. The average molecular weight is 566 g/mol. The van der Waals surface area contributed by atoms with Gasteiger partial charge < -0.3 is 15.0 Å². The van der Waals surface area contributed by atoms with Crippen LogP contribution in [0.2, 0.25) is 0 Å². The molecule has 0 saturated heterocycles. The monoisotopic (exact) mass is 565 g/mol. The van der Waals surface area contributed by atoms with E-state index in [0.717, 1.165) is 15.4 Å². The van der Waals surface area contributed by atoms with Gasteiger partial charge in [-0.25, -0.2) is 8.42 Å². The fraction of sp³-hybridized carbons (Fsp3) is 0.355. The molecule has 0 bridgehead atoms. The number of aryl methyl sites for hydroxylation is 1. The molecule has 0 aromatic heterocycles. The van der Waals surface area contributed by atoms with E-state index in [1.54, 1.807) is 49.6 Å². The second-order valence-corrected chi connectivity index (χ2v) is 11.6. The second-order valence-electron chi connectivity index (χ2n) is 9.77. The highest BCUT2D eigenvalue weighted by molar-refractivity contribution is 7.92. The molecule has 1 atom stereocenters. The number of ether oxygens (including phenoxy) is 1. The Hall–Kier alpha value is -3.85. The zero-order valence-electron chi connectivity index (χ0n) is 23.8. The molecule has 2 amide bonds. The summed E-state index contributed by atoms with van der Waals surface area (Å²) in [4.78, 5) is 29.0. The van der Waals surface area contributed by atoms with Crippen molar-refractivity contribution in [2.24, 2.45) is 0 Å². The highest BCUT2D eigenvalue weighted by Gasteiger charge is 2.34. The van der Waals surface area contributed by atoms with Crippen LogP contribution in [-0.2, 0) is 32.6 Å². The van der Waals surface area contributed by atoms with Crippen LogP contribution in [0.1, 0.15) is 45.2 Å². The molecule has 214 valence electrons. The number of carbonyl (C=O) groups is 2. The molecule has 8 nitrogen and oxygen atoms in total. The minimum absolute atomic E-state index is 0.0812. The number of benzene rings is 3. The van der Waals surface area contributed by atoms with Gasteiger partial charge in [0, 0.05) is 12.6 Å². The lowest BCUT2D eigenvalue weighted by atomic mass is 10.1. The predicted molar refractivity (Wildman–Crippen MR) is 158 cm³/mol. The summed E-state index contributed by atoms with van der Waals surface area (Å²) in [7, 11) is -2.55. The van der Waals surface area contributed by atoms with Crippen LogP contribution >= 0.6 is 0 Å². The maximum absolute atomic E-state index is 14.2. The SMILES string of the molecule is CCc1ccccc1N(CC(=O)N(Cc1cccc(OC)c1)[C@@H](CC)C(=O)NC(C)C)S(=O)(=O)c1ccccc1. The van der Waals surface area contributed by atoms with Crippen molar-refractivity contribution in [1.82, 2.24) is 10.2 Å². The Morgan fingerprint density at radius 1 is 0.925 bits per heavy atom. The van der Waals surface area contributed by atoms with Crippen LogP contribution in [0.4, 0.5) is 5.69 Å². The van der Waals surface area contributed by atoms with Crippen molar-refractivity contribution in [3.8, 4) is 5.75 Å². The molecule has 0 saturated carbocycles. The van der Waals surface area contributed by atoms with E-state index in [-0.39, 0.29) is 23.4 Å². The number of anilines is 1. The van der Waals surface area contributed by atoms with Gasteiger partial charge in [0.05, 0.1) is 17.7 Å². The first-order valence-corrected chi connectivity index (χ1v) is 14.9. The van der Waals surface area contributed by atoms with E-state index in [1.165, 1.54) is 17.0 Å². The predicted octanol–water partition coefficient (Wildman–Crippen LogP) is 4.78. The Morgan fingerprint density at radius 2 is 1.60 bits per heavy atom. The molecule has 1 N–H and O–H groups in total. The van der Waals surface area contributed by atoms with Gasteiger partial charge >= 0.3 is 0 Å². The Morgan fingerprint density at radius 3 is 2.23 bits per heavy atom. The first kappa shape index (κ1) is 30.7. The highest BCUT2D eigenvalue weighted by Crippen LogP contribution is 2.28. The van der Waals surface area contributed by atoms with Crippen molar-refractivity contribution in [3.05, 3.63) is 90.0 Å². The summed E-state index contributed by atoms with van der Waals surface area (Å²) >= 11 is 0. The van der Waals surface area contributed by atoms with E-state index in [9.17, 15) is 18.0 Å². The fourth-order valence-corrected chi connectivity index (χ4v) is 6.03. The molecule has 0 heterocycles. The third kappa shape index (κ3) is 7.41. The van der Waals surface area contributed by atoms with Gasteiger partial charge in [-0.1, -0.05) is 62.4 Å². The molecule has 3 rings (SSSR count). The number of nitrogens with one attached hydrogen (secondary N) is 1. The molecule has 0 fully saturated rings. The number of rotatable bonds is 13. The first-order chi connectivity index (χ1) is 19.1. The lowest BCUT2D eigenvalue weighted by Gasteiger charge is -2.34. The van der Waals surface area contributed by atoms with Gasteiger partial charge in [0.1, 0.15) is 18.3 Å². The smallest absolute Gasteiger partial charge is 0.264 e. The fourth-order valence-electron chi connectivity index (χ4n) is 4.55. The Labute approximate surface area is 238 Å². The number of hydrogen-bond acceptors (Lipinski definition) is 5. The minimum atomic E-state index is -4.11. The van der Waals surface area contributed by atoms with E-state index in [0.29, 0.717) is 24.3 Å². The zero-order chi connectivity index (χ0) is 29.3. The van der Waals surface area contributed by atoms with Gasteiger partial charge in [-0.05, 0) is 68.1 Å². The lowest BCUT2D eigenvalue weighted by molar-refractivity contribution is -0.140. The maximum Gasteiger partial charge on any atom is 0.264 e. The lowest BCUT2D eigenvalue weighted by Crippen LogP contribution is -2.53. The number of hydrogen-bond donors (Lipinski definition) is 1. The number of carbonyl (C=O) groups excluding carboxylic acids is 2. The van der Waals surface area contributed by atoms with Crippen LogP contribution < -0.4 is 14.4 Å². The molecule has 0 aliphatic rings. The molecule has 3 aromatic rings. The Bertz CT molecular complexity index is 1390. The van der Waals surface area contributed by atoms with E-state index >= 15 is 0 Å². The summed E-state index contributed by atoms with van der Waals surface area (Å²) < 4.78 is 34.5. The molecule has 9 heteroatoms. The quantitative estimate of drug-likeness (QED) is 0.322. The molecule has 3 aromatic carbocycles. The third-order valence-corrected chi connectivity index (χ3v) is 8.33. The Kier molecular flexibility index (Phi) is 10.7. The number of methoxy groups -OCH3 is 1. The summed E-state index contributed by atoms with van der Waals surface area (Å²) in [6, 6.07) is 21.6. The van der Waals surface area contributed by atoms with Crippen LogP contribution in [0.25, 0.3) is 0 Å². The van der Waals surface area contributed by atoms with Gasteiger partial charge in [0.15, 0.2) is 0 Å². The van der Waals surface area contributed by atoms with Crippen molar-refractivity contribution in [3.63, 3.8) is 0 Å². The number of sulfonamides is 1. The normalized spacial score (nSPS) is 12.1. The van der Waals surface area contributed by atoms with E-state index in [4.69, 9.17) is 4.74 Å². The van der Waals surface area contributed by atoms with Gasteiger partial charge in [-0.15, -0.1) is 0 Å². The standard InChI is InChI=1S/C31H39N3O5S/c1-6-25-15-11-12-19-29(25)34(40(37,38)27-17-9-8-10-18-27)22-30(35)33(28(7-2)31(36)32-23(3)4)21-24-14-13-16-26(20-24)39-5/h8-20,23,28H,6-7,21-22H2,1-5H3,(H,32,36)/t28-/m0/s1. The molecular weight excluding hydrogens is 526 g/mol. The minimum Gasteiger partial charge on any atom is -0.497 e. The van der Waals surface area contributed by atoms with Crippen molar-refractivity contribution < 1.29 is 22.7 Å². The van der Waals surface area contributed by atoms with Gasteiger partial charge in [0.25, 0.3) is 10.0 Å². The largest absolute Gasteiger partial charge is 0.497 e. The van der Waals surface area contributed by atoms with Gasteiger partial charge in [-0.3, -0.25) is 13.9 Å². The van der Waals surface area contributed by atoms with E-state index in [1.807, 2.05) is 52.0 Å². The zero-order valence-corrected chi connectivity index (χ0v) is 24.6. The van der Waals surface area contributed by atoms with Crippen molar-refractivity contribution in [1.29, 1.82) is 0 Å². The third-order valence-electron chi connectivity index (χ3n) is 6.56. The molecular formula is C31H39N3O5S. The van der Waals surface area contributed by atoms with Crippen LogP contribution in [0.15, 0.2) is 83.8 Å². The average Bonchev–Trinajstić information content (AvgIpc) is 2.95. The van der Waals surface area contributed by atoms with Crippen molar-refractivity contribution >= 4 is 27.5 Å². The summed E-state index contributed by atoms with van der Waals surface area (Å²) in [5, 5.41) is 2.91. The summed E-state index contributed by atoms with van der Waals surface area (Å²) in [6.07, 6.45) is 0.929. The summed E-state index contributed by atoms with van der Waals surface area (Å²) in [5.41, 5.74) is 1.98. The molecule has 0 radical (unpaired) electrons. The van der Waals surface area contributed by atoms with E-state index in [2.05, 4.69) is 5.32 Å². The van der Waals surface area contributed by atoms with E-state index < -0.39 is 28.5 Å². The van der Waals surface area contributed by atoms with Crippen LogP contribution in [0, 0.1) is 0 Å².